The minimum Gasteiger partial charge on any atom is -0.357 e. The van der Waals surface area contributed by atoms with Crippen LogP contribution < -0.4 is 0 Å². The van der Waals surface area contributed by atoms with E-state index in [2.05, 4.69) is 6.58 Å². The predicted molar refractivity (Wildman–Crippen MR) is 52.6 cm³/mol. The molecule has 1 aromatic rings. The molecule has 1 aromatic carbocycles. The van der Waals surface area contributed by atoms with Crippen LogP contribution in [-0.4, -0.2) is 17.9 Å². The molecule has 1 atom stereocenters. The highest BCUT2D eigenvalue weighted by atomic mass is 16.5. The lowest BCUT2D eigenvalue weighted by atomic mass is 10.1. The number of nitrogens with zero attached hydrogens (tertiary/aromatic N) is 1. The first-order chi connectivity index (χ1) is 6.79. The van der Waals surface area contributed by atoms with E-state index in [0.717, 1.165) is 5.56 Å². The Labute approximate surface area is 82.6 Å². The van der Waals surface area contributed by atoms with Gasteiger partial charge in [0.1, 0.15) is 0 Å². The van der Waals surface area contributed by atoms with Crippen LogP contribution in [0.15, 0.2) is 37.0 Å². The van der Waals surface area contributed by atoms with E-state index in [0.29, 0.717) is 5.56 Å². The third-order valence-electron chi connectivity index (χ3n) is 2.36. The number of hydrogen-bond acceptors (Lipinski definition) is 2. The maximum atomic E-state index is 11.8. The summed E-state index contributed by atoms with van der Waals surface area (Å²) in [6, 6.07) is 7.43. The first-order valence-electron chi connectivity index (χ1n) is 4.36. The molecular weight excluding hydrogens is 178 g/mol. The Kier molecular flexibility index (Phi) is 2.09. The molecule has 0 saturated heterocycles. The Balaban J connectivity index is 2.54. The Morgan fingerprint density at radius 3 is 2.86 bits per heavy atom. The summed E-state index contributed by atoms with van der Waals surface area (Å²) < 4.78 is 5.25. The zero-order valence-electron chi connectivity index (χ0n) is 7.93. The fourth-order valence-electron chi connectivity index (χ4n) is 1.72. The second-order valence-corrected chi connectivity index (χ2v) is 3.07. The van der Waals surface area contributed by atoms with E-state index in [4.69, 9.17) is 4.74 Å². The zero-order valence-corrected chi connectivity index (χ0v) is 7.93. The largest absolute Gasteiger partial charge is 0.357 e. The summed E-state index contributed by atoms with van der Waals surface area (Å²) in [5.74, 6) is -0.0533. The molecule has 3 heteroatoms. The average molecular weight is 189 g/mol. The number of amides is 1. The number of methoxy groups -OCH3 is 1. The lowest BCUT2D eigenvalue weighted by molar-refractivity contribution is 0.00906. The normalized spacial score (nSPS) is 19.6. The van der Waals surface area contributed by atoms with E-state index in [1.165, 1.54) is 11.1 Å². The maximum Gasteiger partial charge on any atom is 0.260 e. The van der Waals surface area contributed by atoms with Gasteiger partial charge in [-0.05, 0) is 6.07 Å². The Bertz CT molecular complexity index is 387. The van der Waals surface area contributed by atoms with E-state index in [1.54, 1.807) is 13.2 Å². The van der Waals surface area contributed by atoms with E-state index in [9.17, 15) is 4.79 Å². The molecule has 0 saturated carbocycles. The highest BCUT2D eigenvalue weighted by molar-refractivity contribution is 5.99. The van der Waals surface area contributed by atoms with E-state index in [-0.39, 0.29) is 12.1 Å². The van der Waals surface area contributed by atoms with Crippen molar-refractivity contribution in [1.29, 1.82) is 0 Å². The van der Waals surface area contributed by atoms with Gasteiger partial charge in [0, 0.05) is 24.4 Å². The second-order valence-electron chi connectivity index (χ2n) is 3.07. The lowest BCUT2D eigenvalue weighted by Gasteiger charge is -2.18. The van der Waals surface area contributed by atoms with Crippen LogP contribution >= 0.6 is 0 Å². The van der Waals surface area contributed by atoms with Gasteiger partial charge < -0.3 is 4.74 Å². The second kappa shape index (κ2) is 3.27. The van der Waals surface area contributed by atoms with Crippen LogP contribution in [0, 0.1) is 0 Å². The van der Waals surface area contributed by atoms with Gasteiger partial charge >= 0.3 is 0 Å². The highest BCUT2D eigenvalue weighted by Crippen LogP contribution is 2.33. The van der Waals surface area contributed by atoms with Crippen molar-refractivity contribution >= 4 is 5.91 Å². The molecule has 72 valence electrons. The number of benzene rings is 1. The number of hydrogen-bond donors (Lipinski definition) is 0. The molecule has 0 radical (unpaired) electrons. The topological polar surface area (TPSA) is 29.5 Å². The summed E-state index contributed by atoms with van der Waals surface area (Å²) in [4.78, 5) is 13.3. The van der Waals surface area contributed by atoms with Crippen molar-refractivity contribution in [3.63, 3.8) is 0 Å². The van der Waals surface area contributed by atoms with Gasteiger partial charge in [0.05, 0.1) is 0 Å². The minimum atomic E-state index is -0.323. The Morgan fingerprint density at radius 1 is 1.50 bits per heavy atom. The SMILES string of the molecule is C=CN1C(=O)c2ccccc2C1OC. The van der Waals surface area contributed by atoms with Crippen LogP contribution in [0.3, 0.4) is 0 Å². The fourth-order valence-corrected chi connectivity index (χ4v) is 1.72. The molecule has 1 aliphatic heterocycles. The number of carbonyl (C=O) groups is 1. The van der Waals surface area contributed by atoms with Crippen molar-refractivity contribution in [3.05, 3.63) is 48.2 Å². The van der Waals surface area contributed by atoms with Crippen LogP contribution in [0.2, 0.25) is 0 Å². The number of rotatable bonds is 2. The molecule has 1 heterocycles. The predicted octanol–water partition coefficient (Wildman–Crippen LogP) is 1.93. The van der Waals surface area contributed by atoms with Gasteiger partial charge in [-0.15, -0.1) is 0 Å². The van der Waals surface area contributed by atoms with Crippen LogP contribution in [0.1, 0.15) is 22.1 Å². The zero-order chi connectivity index (χ0) is 10.1. The Hall–Kier alpha value is -1.61. The van der Waals surface area contributed by atoms with E-state index < -0.39 is 0 Å². The summed E-state index contributed by atoms with van der Waals surface area (Å²) in [5, 5.41) is 0. The smallest absolute Gasteiger partial charge is 0.260 e. The van der Waals surface area contributed by atoms with Gasteiger partial charge in [-0.2, -0.15) is 0 Å². The third kappa shape index (κ3) is 1.06. The minimum absolute atomic E-state index is 0.0533. The molecule has 0 bridgehead atoms. The van der Waals surface area contributed by atoms with E-state index in [1.807, 2.05) is 18.2 Å². The van der Waals surface area contributed by atoms with Crippen LogP contribution in [-0.2, 0) is 4.74 Å². The number of fused-ring (bicyclic) bond motifs is 1. The molecule has 14 heavy (non-hydrogen) atoms. The van der Waals surface area contributed by atoms with Crippen LogP contribution in [0.25, 0.3) is 0 Å². The molecular formula is C11H11NO2. The molecule has 0 aromatic heterocycles. The molecule has 0 fully saturated rings. The summed E-state index contributed by atoms with van der Waals surface area (Å²) >= 11 is 0. The molecule has 1 unspecified atom stereocenters. The summed E-state index contributed by atoms with van der Waals surface area (Å²) in [5.41, 5.74) is 1.60. The van der Waals surface area contributed by atoms with E-state index >= 15 is 0 Å². The monoisotopic (exact) mass is 189 g/mol. The molecule has 2 rings (SSSR count). The summed E-state index contributed by atoms with van der Waals surface area (Å²) in [6.45, 7) is 3.60. The average Bonchev–Trinajstić information content (AvgIpc) is 2.51. The first kappa shape index (κ1) is 8.97. The summed E-state index contributed by atoms with van der Waals surface area (Å²) in [6.07, 6.45) is 1.17. The molecule has 3 nitrogen and oxygen atoms in total. The fraction of sp³-hybridized carbons (Fsp3) is 0.182. The standard InChI is InChI=1S/C11H11NO2/c1-3-12-10(13)8-6-4-5-7-9(8)11(12)14-2/h3-7,11H,1H2,2H3. The van der Waals surface area contributed by atoms with Gasteiger partial charge in [0.15, 0.2) is 6.23 Å². The lowest BCUT2D eigenvalue weighted by Crippen LogP contribution is -2.22. The van der Waals surface area contributed by atoms with Gasteiger partial charge in [0.25, 0.3) is 5.91 Å². The number of carbonyl (C=O) groups excluding carboxylic acids is 1. The number of ether oxygens (including phenoxy) is 1. The molecule has 0 spiro atoms. The third-order valence-corrected chi connectivity index (χ3v) is 2.36. The molecule has 1 amide bonds. The van der Waals surface area contributed by atoms with Gasteiger partial charge in [-0.1, -0.05) is 24.8 Å². The van der Waals surface area contributed by atoms with Crippen molar-refractivity contribution < 1.29 is 9.53 Å². The van der Waals surface area contributed by atoms with Crippen molar-refractivity contribution in [2.75, 3.05) is 7.11 Å². The quantitative estimate of drug-likeness (QED) is 0.711. The summed E-state index contributed by atoms with van der Waals surface area (Å²) in [7, 11) is 1.58. The van der Waals surface area contributed by atoms with Crippen LogP contribution in [0.4, 0.5) is 0 Å². The first-order valence-corrected chi connectivity index (χ1v) is 4.36. The highest BCUT2D eigenvalue weighted by Gasteiger charge is 2.34. The van der Waals surface area contributed by atoms with Gasteiger partial charge in [-0.25, -0.2) is 0 Å². The molecule has 0 N–H and O–H groups in total. The van der Waals surface area contributed by atoms with Crippen molar-refractivity contribution in [2.24, 2.45) is 0 Å². The molecule has 1 aliphatic rings. The van der Waals surface area contributed by atoms with Crippen molar-refractivity contribution in [3.8, 4) is 0 Å². The van der Waals surface area contributed by atoms with Gasteiger partial charge in [0.2, 0.25) is 0 Å². The van der Waals surface area contributed by atoms with Gasteiger partial charge in [-0.3, -0.25) is 9.69 Å². The Morgan fingerprint density at radius 2 is 2.21 bits per heavy atom. The van der Waals surface area contributed by atoms with Crippen molar-refractivity contribution in [2.45, 2.75) is 6.23 Å². The van der Waals surface area contributed by atoms with Crippen molar-refractivity contribution in [1.82, 2.24) is 4.90 Å². The van der Waals surface area contributed by atoms with Crippen LogP contribution in [0.5, 0.6) is 0 Å². The molecule has 0 aliphatic carbocycles. The maximum absolute atomic E-state index is 11.8.